The molecule has 0 saturated carbocycles. The Morgan fingerprint density at radius 1 is 0.652 bits per heavy atom. The summed E-state index contributed by atoms with van der Waals surface area (Å²) in [6.45, 7) is 0. The molecule has 2 rings (SSSR count). The molecule has 5 heteroatoms. The summed E-state index contributed by atoms with van der Waals surface area (Å²) in [5, 5.41) is 19.9. The van der Waals surface area contributed by atoms with E-state index in [-0.39, 0.29) is 27.3 Å². The van der Waals surface area contributed by atoms with Crippen LogP contribution in [0.3, 0.4) is 0 Å². The largest absolute Gasteiger partial charge is 2.00 e. The maximum atomic E-state index is 9.97. The molecule has 2 aromatic carbocycles. The molecular weight excluding hydrogens is 393 g/mol. The van der Waals surface area contributed by atoms with Gasteiger partial charge >= 0.3 is 27.3 Å². The average Bonchev–Trinajstić information content (AvgIpc) is 2.53. The fourth-order valence-electron chi connectivity index (χ4n) is 1.46. The third-order valence-electron chi connectivity index (χ3n) is 2.42. The van der Waals surface area contributed by atoms with Crippen molar-refractivity contribution in [2.45, 2.75) is 0 Å². The van der Waals surface area contributed by atoms with Crippen LogP contribution in [0.2, 0.25) is 0 Å². The Kier molecular flexibility index (Phi) is 11.1. The van der Waals surface area contributed by atoms with E-state index in [2.05, 4.69) is 0 Å². The van der Waals surface area contributed by atoms with Crippen LogP contribution in [0.15, 0.2) is 72.8 Å². The molecule has 0 unspecified atom stereocenters. The minimum absolute atomic E-state index is 0. The van der Waals surface area contributed by atoms with Gasteiger partial charge in [-0.1, -0.05) is 72.8 Å². The van der Waals surface area contributed by atoms with Crippen molar-refractivity contribution in [3.05, 3.63) is 83.9 Å². The fourth-order valence-corrected chi connectivity index (χ4v) is 1.46. The monoisotopic (exact) mass is 408 g/mol. The van der Waals surface area contributed by atoms with Crippen molar-refractivity contribution >= 4 is 24.1 Å². The standard InChI is InChI=1S/2C9H8O2.Cd/c2*10-9(11)7-6-8-4-2-1-3-5-8;/h2*1-7H,(H,10,11);/q;;+2/p-2. The first-order valence-electron chi connectivity index (χ1n) is 6.46. The van der Waals surface area contributed by atoms with Gasteiger partial charge in [-0.3, -0.25) is 0 Å². The van der Waals surface area contributed by atoms with E-state index in [1.54, 1.807) is 0 Å². The van der Waals surface area contributed by atoms with Crippen LogP contribution in [0, 0.1) is 0 Å². The van der Waals surface area contributed by atoms with E-state index in [0.717, 1.165) is 23.3 Å². The number of hydrogen-bond donors (Lipinski definition) is 0. The number of benzene rings is 2. The molecule has 23 heavy (non-hydrogen) atoms. The molecular formula is C18H14CdO4. The molecule has 0 aliphatic carbocycles. The summed E-state index contributed by atoms with van der Waals surface area (Å²) in [6.07, 6.45) is 5.01. The zero-order valence-corrected chi connectivity index (χ0v) is 16.5. The summed E-state index contributed by atoms with van der Waals surface area (Å²) >= 11 is 0. The molecule has 0 N–H and O–H groups in total. The summed E-state index contributed by atoms with van der Waals surface area (Å²) in [6, 6.07) is 18.4. The van der Waals surface area contributed by atoms with Crippen molar-refractivity contribution in [2.24, 2.45) is 0 Å². The van der Waals surface area contributed by atoms with Crippen molar-refractivity contribution in [2.75, 3.05) is 0 Å². The van der Waals surface area contributed by atoms with E-state index >= 15 is 0 Å². The molecule has 0 fully saturated rings. The van der Waals surface area contributed by atoms with Gasteiger partial charge in [0.1, 0.15) is 0 Å². The molecule has 4 nitrogen and oxygen atoms in total. The first kappa shape index (κ1) is 20.8. The van der Waals surface area contributed by atoms with E-state index in [9.17, 15) is 19.8 Å². The van der Waals surface area contributed by atoms with Gasteiger partial charge in [0.15, 0.2) is 0 Å². The Labute approximate surface area is 154 Å². The van der Waals surface area contributed by atoms with Crippen LogP contribution in [0.1, 0.15) is 11.1 Å². The van der Waals surface area contributed by atoms with Gasteiger partial charge in [-0.25, -0.2) is 0 Å². The summed E-state index contributed by atoms with van der Waals surface area (Å²) in [5.41, 5.74) is 1.72. The number of carboxylic acids is 2. The molecule has 0 aliphatic heterocycles. The Balaban J connectivity index is 0.000000403. The van der Waals surface area contributed by atoms with Crippen LogP contribution in [-0.2, 0) is 36.9 Å². The van der Waals surface area contributed by atoms with Crippen LogP contribution in [-0.4, -0.2) is 11.9 Å². The molecule has 0 bridgehead atoms. The van der Waals surface area contributed by atoms with E-state index in [1.807, 2.05) is 60.7 Å². The molecule has 0 radical (unpaired) electrons. The van der Waals surface area contributed by atoms with Crippen LogP contribution in [0.5, 0.6) is 0 Å². The van der Waals surface area contributed by atoms with Crippen molar-refractivity contribution in [3.63, 3.8) is 0 Å². The van der Waals surface area contributed by atoms with Crippen molar-refractivity contribution in [3.8, 4) is 0 Å². The smallest absolute Gasteiger partial charge is 0.545 e. The normalized spacial score (nSPS) is 9.74. The molecule has 0 saturated heterocycles. The molecule has 0 spiro atoms. The second kappa shape index (κ2) is 12.3. The third kappa shape index (κ3) is 11.1. The second-order valence-corrected chi connectivity index (χ2v) is 4.13. The molecule has 112 valence electrons. The second-order valence-electron chi connectivity index (χ2n) is 4.13. The Morgan fingerprint density at radius 3 is 1.22 bits per heavy atom. The van der Waals surface area contributed by atoms with E-state index in [1.165, 1.54) is 12.2 Å². The zero-order chi connectivity index (χ0) is 16.2. The Morgan fingerprint density at radius 2 is 0.957 bits per heavy atom. The van der Waals surface area contributed by atoms with Gasteiger partial charge in [0.2, 0.25) is 0 Å². The average molecular weight is 407 g/mol. The summed E-state index contributed by atoms with van der Waals surface area (Å²) in [7, 11) is 0. The molecule has 0 amide bonds. The van der Waals surface area contributed by atoms with Gasteiger partial charge in [0.05, 0.1) is 11.9 Å². The van der Waals surface area contributed by atoms with Crippen molar-refractivity contribution in [1.29, 1.82) is 0 Å². The Hall–Kier alpha value is -2.22. The minimum atomic E-state index is -1.17. The van der Waals surface area contributed by atoms with Crippen molar-refractivity contribution < 1.29 is 47.1 Å². The fraction of sp³-hybridized carbons (Fsp3) is 0. The number of aliphatic carboxylic acids is 2. The number of carboxylic acid groups (broad SMARTS) is 2. The molecule has 0 aromatic heterocycles. The van der Waals surface area contributed by atoms with Crippen LogP contribution in [0.25, 0.3) is 12.2 Å². The number of carbonyl (C=O) groups excluding carboxylic acids is 2. The van der Waals surface area contributed by atoms with Gasteiger partial charge in [-0.05, 0) is 23.3 Å². The predicted molar refractivity (Wildman–Crippen MR) is 81.0 cm³/mol. The first-order valence-corrected chi connectivity index (χ1v) is 6.46. The van der Waals surface area contributed by atoms with E-state index in [0.29, 0.717) is 0 Å². The maximum Gasteiger partial charge on any atom is 2.00 e. The molecule has 0 aliphatic rings. The predicted octanol–water partition coefficient (Wildman–Crippen LogP) is 0.897. The Bertz CT molecular complexity index is 590. The van der Waals surface area contributed by atoms with Gasteiger partial charge in [0.25, 0.3) is 0 Å². The quantitative estimate of drug-likeness (QED) is 0.558. The van der Waals surface area contributed by atoms with Gasteiger partial charge in [-0.2, -0.15) is 0 Å². The summed E-state index contributed by atoms with van der Waals surface area (Å²) in [5.74, 6) is -2.34. The maximum absolute atomic E-state index is 9.97. The van der Waals surface area contributed by atoms with E-state index in [4.69, 9.17) is 0 Å². The molecule has 2 aromatic rings. The number of hydrogen-bond acceptors (Lipinski definition) is 4. The molecule has 0 atom stereocenters. The van der Waals surface area contributed by atoms with Crippen molar-refractivity contribution in [1.82, 2.24) is 0 Å². The van der Waals surface area contributed by atoms with Crippen LogP contribution in [0.4, 0.5) is 0 Å². The number of carbonyl (C=O) groups is 2. The zero-order valence-electron chi connectivity index (χ0n) is 12.4. The SMILES string of the molecule is O=C([O-])C=Cc1ccccc1.O=C([O-])C=Cc1ccccc1.[Cd+2]. The van der Waals surface area contributed by atoms with Gasteiger partial charge < -0.3 is 19.8 Å². The van der Waals surface area contributed by atoms with Gasteiger partial charge in [-0.15, -0.1) is 0 Å². The third-order valence-corrected chi connectivity index (χ3v) is 2.42. The van der Waals surface area contributed by atoms with E-state index < -0.39 is 11.9 Å². The van der Waals surface area contributed by atoms with Crippen LogP contribution < -0.4 is 10.2 Å². The molecule has 0 heterocycles. The summed E-state index contributed by atoms with van der Waals surface area (Å²) < 4.78 is 0. The first-order chi connectivity index (χ1) is 10.6. The minimum Gasteiger partial charge on any atom is -0.545 e. The number of rotatable bonds is 4. The topological polar surface area (TPSA) is 80.3 Å². The van der Waals surface area contributed by atoms with Crippen LogP contribution >= 0.6 is 0 Å². The summed E-state index contributed by atoms with van der Waals surface area (Å²) in [4.78, 5) is 19.9. The van der Waals surface area contributed by atoms with Gasteiger partial charge in [0, 0.05) is 0 Å².